The lowest BCUT2D eigenvalue weighted by Gasteiger charge is -2.12. The average Bonchev–Trinajstić information content (AvgIpc) is 2.58. The first kappa shape index (κ1) is 13.2. The van der Waals surface area contributed by atoms with Crippen molar-refractivity contribution in [3.05, 3.63) is 0 Å². The zero-order chi connectivity index (χ0) is 12.3. The van der Waals surface area contributed by atoms with E-state index in [-0.39, 0.29) is 17.6 Å². The van der Waals surface area contributed by atoms with Gasteiger partial charge in [-0.05, 0) is 6.42 Å². The minimum atomic E-state index is -1.29. The van der Waals surface area contributed by atoms with Crippen LogP contribution in [0.5, 0.6) is 0 Å². The number of amides is 1. The lowest BCUT2D eigenvalue weighted by atomic mass is 10.2. The van der Waals surface area contributed by atoms with Gasteiger partial charge in [-0.3, -0.25) is 13.8 Å². The number of ether oxygens (including phenoxy) is 1. The molecule has 1 fully saturated rings. The first-order valence-corrected chi connectivity index (χ1v) is 6.55. The summed E-state index contributed by atoms with van der Waals surface area (Å²) in [7, 11) is 1.71. The van der Waals surface area contributed by atoms with Crippen molar-refractivity contribution < 1.29 is 18.5 Å². The van der Waals surface area contributed by atoms with Gasteiger partial charge in [-0.25, -0.2) is 0 Å². The molecule has 0 aliphatic carbocycles. The van der Waals surface area contributed by atoms with E-state index in [2.05, 4.69) is 4.74 Å². The van der Waals surface area contributed by atoms with Gasteiger partial charge >= 0.3 is 5.97 Å². The molecular formula is C10H17NO4S. The summed E-state index contributed by atoms with van der Waals surface area (Å²) in [6, 6.07) is 0. The van der Waals surface area contributed by atoms with Gasteiger partial charge in [-0.15, -0.1) is 0 Å². The second kappa shape index (κ2) is 5.43. The number of rotatable bonds is 4. The summed E-state index contributed by atoms with van der Waals surface area (Å²) in [4.78, 5) is 24.3. The summed E-state index contributed by atoms with van der Waals surface area (Å²) in [6.45, 7) is 2.30. The number of carbonyl (C=O) groups excluding carboxylic acids is 2. The first-order chi connectivity index (χ1) is 7.47. The average molecular weight is 247 g/mol. The molecule has 92 valence electrons. The highest BCUT2D eigenvalue weighted by Crippen LogP contribution is 2.17. The Labute approximate surface area is 97.6 Å². The zero-order valence-corrected chi connectivity index (χ0v) is 10.6. The smallest absolute Gasteiger partial charge is 0.309 e. The van der Waals surface area contributed by atoms with E-state index in [4.69, 9.17) is 0 Å². The van der Waals surface area contributed by atoms with Gasteiger partial charge in [0.25, 0.3) is 0 Å². The molecule has 1 aliphatic heterocycles. The van der Waals surface area contributed by atoms with Crippen LogP contribution in [0, 0.1) is 5.92 Å². The van der Waals surface area contributed by atoms with Crippen LogP contribution in [0.2, 0.25) is 0 Å². The number of hydrogen-bond donors (Lipinski definition) is 0. The van der Waals surface area contributed by atoms with Crippen molar-refractivity contribution in [1.82, 2.24) is 4.90 Å². The van der Waals surface area contributed by atoms with E-state index in [9.17, 15) is 13.8 Å². The van der Waals surface area contributed by atoms with Gasteiger partial charge in [0.05, 0.1) is 13.0 Å². The molecule has 0 aromatic rings. The Morgan fingerprint density at radius 1 is 1.69 bits per heavy atom. The predicted octanol–water partition coefficient (Wildman–Crippen LogP) is -0.225. The fourth-order valence-corrected chi connectivity index (χ4v) is 3.30. The van der Waals surface area contributed by atoms with Crippen LogP contribution in [0.3, 0.4) is 0 Å². The van der Waals surface area contributed by atoms with Crippen molar-refractivity contribution in [1.29, 1.82) is 0 Å². The van der Waals surface area contributed by atoms with E-state index >= 15 is 0 Å². The summed E-state index contributed by atoms with van der Waals surface area (Å²) >= 11 is 0. The second-order valence-electron chi connectivity index (χ2n) is 4.01. The van der Waals surface area contributed by atoms with Crippen LogP contribution in [-0.2, 0) is 25.1 Å². The number of esters is 1. The molecule has 0 aromatic carbocycles. The van der Waals surface area contributed by atoms with Gasteiger partial charge in [-0.2, -0.15) is 0 Å². The molecule has 3 atom stereocenters. The van der Waals surface area contributed by atoms with Crippen LogP contribution in [0.4, 0.5) is 0 Å². The van der Waals surface area contributed by atoms with Crippen molar-refractivity contribution in [3.8, 4) is 0 Å². The van der Waals surface area contributed by atoms with Crippen LogP contribution in [-0.4, -0.2) is 52.7 Å². The van der Waals surface area contributed by atoms with Crippen molar-refractivity contribution in [2.45, 2.75) is 18.6 Å². The van der Waals surface area contributed by atoms with E-state index in [1.165, 1.54) is 7.11 Å². The molecule has 1 saturated heterocycles. The third kappa shape index (κ3) is 2.81. The SMILES string of the molecule is COC(=O)C(C)CS(=O)C1CCN(C)C1=O. The molecule has 0 spiro atoms. The highest BCUT2D eigenvalue weighted by molar-refractivity contribution is 7.86. The second-order valence-corrected chi connectivity index (χ2v) is 5.67. The van der Waals surface area contributed by atoms with Gasteiger partial charge in [0.2, 0.25) is 5.91 Å². The number of hydrogen-bond acceptors (Lipinski definition) is 4. The Balaban J connectivity index is 2.53. The van der Waals surface area contributed by atoms with E-state index in [0.29, 0.717) is 13.0 Å². The van der Waals surface area contributed by atoms with Crippen LogP contribution in [0.15, 0.2) is 0 Å². The largest absolute Gasteiger partial charge is 0.469 e. The number of nitrogens with zero attached hydrogens (tertiary/aromatic N) is 1. The third-order valence-electron chi connectivity index (χ3n) is 2.71. The minimum absolute atomic E-state index is 0.0876. The van der Waals surface area contributed by atoms with E-state index in [0.717, 1.165) is 0 Å². The van der Waals surface area contributed by atoms with Crippen molar-refractivity contribution >= 4 is 22.7 Å². The van der Waals surface area contributed by atoms with E-state index in [1.54, 1.807) is 18.9 Å². The summed E-state index contributed by atoms with van der Waals surface area (Å²) in [5.74, 6) is -0.705. The van der Waals surface area contributed by atoms with Crippen LogP contribution < -0.4 is 0 Å². The number of carbonyl (C=O) groups is 2. The maximum absolute atomic E-state index is 11.9. The van der Waals surface area contributed by atoms with Crippen LogP contribution in [0.1, 0.15) is 13.3 Å². The Kier molecular flexibility index (Phi) is 4.46. The molecule has 0 N–H and O–H groups in total. The molecule has 1 rings (SSSR count). The van der Waals surface area contributed by atoms with E-state index in [1.807, 2.05) is 0 Å². The molecule has 0 aromatic heterocycles. The monoisotopic (exact) mass is 247 g/mol. The minimum Gasteiger partial charge on any atom is -0.469 e. The van der Waals surface area contributed by atoms with Gasteiger partial charge in [-0.1, -0.05) is 6.92 Å². The fraction of sp³-hybridized carbons (Fsp3) is 0.800. The predicted molar refractivity (Wildman–Crippen MR) is 60.2 cm³/mol. The molecule has 1 heterocycles. The van der Waals surface area contributed by atoms with Crippen LogP contribution in [0.25, 0.3) is 0 Å². The highest BCUT2D eigenvalue weighted by Gasteiger charge is 2.35. The Bertz CT molecular complexity index is 318. The highest BCUT2D eigenvalue weighted by atomic mass is 32.2. The molecule has 1 amide bonds. The molecule has 0 saturated carbocycles. The molecular weight excluding hydrogens is 230 g/mol. The topological polar surface area (TPSA) is 63.7 Å². The van der Waals surface area contributed by atoms with Gasteiger partial charge in [0.15, 0.2) is 0 Å². The van der Waals surface area contributed by atoms with Crippen molar-refractivity contribution in [2.24, 2.45) is 5.92 Å². The maximum Gasteiger partial charge on any atom is 0.309 e. The summed E-state index contributed by atoms with van der Waals surface area (Å²) in [6.07, 6.45) is 0.607. The molecule has 0 bridgehead atoms. The standard InChI is InChI=1S/C10H17NO4S/c1-7(10(13)15-3)6-16(14)8-4-5-11(2)9(8)12/h7-8H,4-6H2,1-3H3. The van der Waals surface area contributed by atoms with Gasteiger partial charge < -0.3 is 9.64 Å². The van der Waals surface area contributed by atoms with Gasteiger partial charge in [0, 0.05) is 30.1 Å². The summed E-state index contributed by atoms with van der Waals surface area (Å²) in [5, 5.41) is -0.447. The maximum atomic E-state index is 11.9. The number of methoxy groups -OCH3 is 1. The Morgan fingerprint density at radius 2 is 2.31 bits per heavy atom. The quantitative estimate of drug-likeness (QED) is 0.644. The first-order valence-electron chi connectivity index (χ1n) is 5.17. The molecule has 0 radical (unpaired) electrons. The fourth-order valence-electron chi connectivity index (χ4n) is 1.67. The number of likely N-dealkylation sites (tertiary alicyclic amines) is 1. The zero-order valence-electron chi connectivity index (χ0n) is 9.76. The van der Waals surface area contributed by atoms with Gasteiger partial charge in [0.1, 0.15) is 5.25 Å². The molecule has 16 heavy (non-hydrogen) atoms. The lowest BCUT2D eigenvalue weighted by molar-refractivity contribution is -0.144. The Morgan fingerprint density at radius 3 is 2.75 bits per heavy atom. The van der Waals surface area contributed by atoms with Crippen molar-refractivity contribution in [3.63, 3.8) is 0 Å². The summed E-state index contributed by atoms with van der Waals surface area (Å²) in [5.41, 5.74) is 0. The molecule has 6 heteroatoms. The molecule has 3 unspecified atom stereocenters. The third-order valence-corrected chi connectivity index (χ3v) is 4.61. The van der Waals surface area contributed by atoms with Crippen molar-refractivity contribution in [2.75, 3.05) is 26.5 Å². The molecule has 5 nitrogen and oxygen atoms in total. The molecule has 1 aliphatic rings. The summed E-state index contributed by atoms with van der Waals surface area (Å²) < 4.78 is 16.4. The lowest BCUT2D eigenvalue weighted by Crippen LogP contribution is -2.32. The van der Waals surface area contributed by atoms with E-state index < -0.39 is 22.0 Å². The van der Waals surface area contributed by atoms with Crippen LogP contribution >= 0.6 is 0 Å². The Hall–Kier alpha value is -0.910. The normalized spacial score (nSPS) is 24.3.